The molecule has 0 radical (unpaired) electrons. The van der Waals surface area contributed by atoms with Crippen LogP contribution in [0.25, 0.3) is 0 Å². The van der Waals surface area contributed by atoms with Crippen LogP contribution in [0.2, 0.25) is 0 Å². The van der Waals surface area contributed by atoms with Crippen LogP contribution in [-0.2, 0) is 4.74 Å². The van der Waals surface area contributed by atoms with Crippen molar-refractivity contribution in [2.24, 2.45) is 5.92 Å². The normalized spacial score (nSPS) is 14.8. The molecule has 0 saturated carbocycles. The molecule has 2 nitrogen and oxygen atoms in total. The van der Waals surface area contributed by atoms with Crippen LogP contribution in [0.4, 0.5) is 0 Å². The highest BCUT2D eigenvalue weighted by atomic mass is 16.5. The van der Waals surface area contributed by atoms with Gasteiger partial charge in [0.15, 0.2) is 0 Å². The standard InChI is InChI=1S/C10H23NO/c1-8(2)10(7-12-6)11(5)9(3)4/h8-10H,7H2,1-6H3. The van der Waals surface area contributed by atoms with Crippen molar-refractivity contribution in [2.75, 3.05) is 20.8 Å². The van der Waals surface area contributed by atoms with E-state index >= 15 is 0 Å². The zero-order valence-electron chi connectivity index (χ0n) is 9.29. The highest BCUT2D eigenvalue weighted by molar-refractivity contribution is 4.73. The summed E-state index contributed by atoms with van der Waals surface area (Å²) in [4.78, 5) is 2.37. The smallest absolute Gasteiger partial charge is 0.0620 e. The Kier molecular flexibility index (Phi) is 5.51. The molecule has 0 aromatic carbocycles. The fourth-order valence-corrected chi connectivity index (χ4v) is 1.33. The maximum atomic E-state index is 5.19. The second kappa shape index (κ2) is 5.55. The van der Waals surface area contributed by atoms with Crippen molar-refractivity contribution < 1.29 is 4.74 Å². The number of rotatable bonds is 5. The minimum atomic E-state index is 0.537. The van der Waals surface area contributed by atoms with Gasteiger partial charge in [-0.2, -0.15) is 0 Å². The topological polar surface area (TPSA) is 12.5 Å². The minimum Gasteiger partial charge on any atom is -0.383 e. The Bertz CT molecular complexity index is 112. The van der Waals surface area contributed by atoms with Crippen LogP contribution in [0.1, 0.15) is 27.7 Å². The molecule has 0 heterocycles. The molecule has 2 heteroatoms. The lowest BCUT2D eigenvalue weighted by atomic mass is 10.0. The highest BCUT2D eigenvalue weighted by Gasteiger charge is 2.19. The van der Waals surface area contributed by atoms with Crippen LogP contribution >= 0.6 is 0 Å². The molecule has 74 valence electrons. The highest BCUT2D eigenvalue weighted by Crippen LogP contribution is 2.11. The van der Waals surface area contributed by atoms with Gasteiger partial charge >= 0.3 is 0 Å². The second-order valence-corrected chi connectivity index (χ2v) is 4.03. The minimum absolute atomic E-state index is 0.537. The average Bonchev–Trinajstić information content (AvgIpc) is 1.98. The van der Waals surface area contributed by atoms with Gasteiger partial charge in [0.2, 0.25) is 0 Å². The lowest BCUT2D eigenvalue weighted by Crippen LogP contribution is -2.43. The average molecular weight is 173 g/mol. The van der Waals surface area contributed by atoms with Crippen molar-refractivity contribution in [1.29, 1.82) is 0 Å². The first-order chi connectivity index (χ1) is 5.50. The van der Waals surface area contributed by atoms with E-state index in [1.54, 1.807) is 7.11 Å². The molecule has 0 rings (SSSR count). The number of ether oxygens (including phenoxy) is 1. The van der Waals surface area contributed by atoms with Crippen molar-refractivity contribution in [3.8, 4) is 0 Å². The maximum absolute atomic E-state index is 5.19. The summed E-state index contributed by atoms with van der Waals surface area (Å²) in [6.45, 7) is 9.73. The van der Waals surface area contributed by atoms with E-state index in [0.717, 1.165) is 6.61 Å². The maximum Gasteiger partial charge on any atom is 0.0620 e. The molecule has 0 aromatic heterocycles. The number of nitrogens with zero attached hydrogens (tertiary/aromatic N) is 1. The van der Waals surface area contributed by atoms with Crippen molar-refractivity contribution in [3.63, 3.8) is 0 Å². The first kappa shape index (κ1) is 11.9. The summed E-state index contributed by atoms with van der Waals surface area (Å²) >= 11 is 0. The zero-order valence-corrected chi connectivity index (χ0v) is 9.29. The van der Waals surface area contributed by atoms with Crippen molar-refractivity contribution in [3.05, 3.63) is 0 Å². The molecule has 0 aromatic rings. The molecule has 1 unspecified atom stereocenters. The number of likely N-dealkylation sites (N-methyl/N-ethyl adjacent to an activating group) is 1. The number of hydrogen-bond acceptors (Lipinski definition) is 2. The van der Waals surface area contributed by atoms with Crippen LogP contribution in [0.15, 0.2) is 0 Å². The second-order valence-electron chi connectivity index (χ2n) is 4.03. The summed E-state index contributed by atoms with van der Waals surface area (Å²) in [5, 5.41) is 0. The molecule has 0 amide bonds. The Labute approximate surface area is 76.9 Å². The third kappa shape index (κ3) is 3.55. The molecule has 12 heavy (non-hydrogen) atoms. The number of hydrogen-bond donors (Lipinski definition) is 0. The van der Waals surface area contributed by atoms with Crippen molar-refractivity contribution in [1.82, 2.24) is 4.90 Å². The monoisotopic (exact) mass is 173 g/mol. The molecule has 1 atom stereocenters. The lowest BCUT2D eigenvalue weighted by Gasteiger charge is -2.33. The molecule has 0 bridgehead atoms. The molecule has 0 aliphatic carbocycles. The van der Waals surface area contributed by atoms with E-state index in [4.69, 9.17) is 4.74 Å². The summed E-state index contributed by atoms with van der Waals surface area (Å²) in [7, 11) is 3.93. The Morgan fingerprint density at radius 3 is 1.92 bits per heavy atom. The molecule has 0 saturated heterocycles. The first-order valence-corrected chi connectivity index (χ1v) is 4.71. The van der Waals surface area contributed by atoms with Crippen LogP contribution in [0, 0.1) is 5.92 Å². The van der Waals surface area contributed by atoms with Gasteiger partial charge < -0.3 is 4.74 Å². The van der Waals surface area contributed by atoms with Gasteiger partial charge in [-0.05, 0) is 26.8 Å². The van der Waals surface area contributed by atoms with E-state index < -0.39 is 0 Å². The van der Waals surface area contributed by atoms with Crippen molar-refractivity contribution >= 4 is 0 Å². The molecule has 0 aliphatic heterocycles. The Morgan fingerprint density at radius 1 is 1.17 bits per heavy atom. The fourth-order valence-electron chi connectivity index (χ4n) is 1.33. The molecule has 0 spiro atoms. The summed E-state index contributed by atoms with van der Waals surface area (Å²) < 4.78 is 5.19. The summed E-state index contributed by atoms with van der Waals surface area (Å²) in [6, 6.07) is 1.13. The summed E-state index contributed by atoms with van der Waals surface area (Å²) in [6.07, 6.45) is 0. The Balaban J connectivity index is 4.09. The van der Waals surface area contributed by atoms with Crippen LogP contribution in [0.5, 0.6) is 0 Å². The van der Waals surface area contributed by atoms with Crippen molar-refractivity contribution in [2.45, 2.75) is 39.8 Å². The zero-order chi connectivity index (χ0) is 9.72. The largest absolute Gasteiger partial charge is 0.383 e. The van der Waals surface area contributed by atoms with Gasteiger partial charge in [-0.3, -0.25) is 4.90 Å². The third-order valence-electron chi connectivity index (χ3n) is 2.44. The van der Waals surface area contributed by atoms with E-state index in [2.05, 4.69) is 39.6 Å². The molecular weight excluding hydrogens is 150 g/mol. The van der Waals surface area contributed by atoms with Gasteiger partial charge in [0, 0.05) is 19.2 Å². The van der Waals surface area contributed by atoms with Gasteiger partial charge in [0.1, 0.15) is 0 Å². The number of methoxy groups -OCH3 is 1. The third-order valence-corrected chi connectivity index (χ3v) is 2.44. The summed E-state index contributed by atoms with van der Waals surface area (Å²) in [5.74, 6) is 0.650. The van der Waals surface area contributed by atoms with Gasteiger partial charge in [0.25, 0.3) is 0 Å². The van der Waals surface area contributed by atoms with Gasteiger partial charge in [-0.15, -0.1) is 0 Å². The van der Waals surface area contributed by atoms with E-state index in [1.165, 1.54) is 0 Å². The molecule has 0 fully saturated rings. The quantitative estimate of drug-likeness (QED) is 0.630. The van der Waals surface area contributed by atoms with E-state index in [9.17, 15) is 0 Å². The van der Waals surface area contributed by atoms with Gasteiger partial charge in [0.05, 0.1) is 6.61 Å². The molecular formula is C10H23NO. The van der Waals surface area contributed by atoms with Crippen LogP contribution in [-0.4, -0.2) is 37.7 Å². The Hall–Kier alpha value is -0.0800. The SMILES string of the molecule is COCC(C(C)C)N(C)C(C)C. The summed E-state index contributed by atoms with van der Waals surface area (Å²) in [5.41, 5.74) is 0. The molecule has 0 N–H and O–H groups in total. The van der Waals surface area contributed by atoms with Crippen LogP contribution in [0.3, 0.4) is 0 Å². The van der Waals surface area contributed by atoms with Gasteiger partial charge in [-0.1, -0.05) is 13.8 Å². The van der Waals surface area contributed by atoms with Crippen LogP contribution < -0.4 is 0 Å². The predicted octanol–water partition coefficient (Wildman–Crippen LogP) is 2.00. The lowest BCUT2D eigenvalue weighted by molar-refractivity contribution is 0.0635. The van der Waals surface area contributed by atoms with Gasteiger partial charge in [-0.25, -0.2) is 0 Å². The van der Waals surface area contributed by atoms with E-state index in [0.29, 0.717) is 18.0 Å². The predicted molar refractivity (Wildman–Crippen MR) is 53.4 cm³/mol. The molecule has 0 aliphatic rings. The Morgan fingerprint density at radius 2 is 1.67 bits per heavy atom. The fraction of sp³-hybridized carbons (Fsp3) is 1.00. The first-order valence-electron chi connectivity index (χ1n) is 4.71. The van der Waals surface area contributed by atoms with E-state index in [1.807, 2.05) is 0 Å². The van der Waals surface area contributed by atoms with E-state index in [-0.39, 0.29) is 0 Å².